The number of esters is 1. The zero-order chi connectivity index (χ0) is 30.6. The van der Waals surface area contributed by atoms with Crippen LogP contribution in [-0.2, 0) is 21.2 Å². The molecule has 0 aliphatic carbocycles. The minimum absolute atomic E-state index is 0.132. The SMILES string of the molecule is COC(=O)c1ccc(OCC2c3cc(OC)c(OC)cc3CCN2C(=O)c2ccc(S(=O)(=O)N3CCCCC3)cc2)cc1. The van der Waals surface area contributed by atoms with Gasteiger partial charge in [0.25, 0.3) is 5.91 Å². The standard InChI is InChI=1S/C32H36N2O8S/c1-39-29-19-24-15-18-34(31(35)22-9-13-26(14-10-22)43(37,38)33-16-5-4-6-17-33)28(27(24)20-30(29)40-2)21-42-25-11-7-23(8-12-25)32(36)41-3/h7-14,19-20,28H,4-6,15-18,21H2,1-3H3. The number of ether oxygens (including phenoxy) is 4. The Morgan fingerprint density at radius 3 is 2.07 bits per heavy atom. The average Bonchev–Trinajstić information content (AvgIpc) is 3.06. The van der Waals surface area contributed by atoms with Crippen molar-refractivity contribution >= 4 is 21.9 Å². The molecule has 5 rings (SSSR count). The average molecular weight is 609 g/mol. The normalized spacial score (nSPS) is 17.1. The third-order valence-electron chi connectivity index (χ3n) is 8.00. The Morgan fingerprint density at radius 2 is 1.44 bits per heavy atom. The van der Waals surface area contributed by atoms with E-state index in [0.717, 1.165) is 30.4 Å². The fourth-order valence-electron chi connectivity index (χ4n) is 5.62. The highest BCUT2D eigenvalue weighted by atomic mass is 32.2. The second kappa shape index (κ2) is 13.0. The van der Waals surface area contributed by atoms with E-state index in [4.69, 9.17) is 18.9 Å². The van der Waals surface area contributed by atoms with Crippen LogP contribution in [0.15, 0.2) is 65.6 Å². The number of fused-ring (bicyclic) bond motifs is 1. The van der Waals surface area contributed by atoms with Gasteiger partial charge in [0.2, 0.25) is 10.0 Å². The Balaban J connectivity index is 1.42. The maximum atomic E-state index is 13.9. The van der Waals surface area contributed by atoms with E-state index in [1.165, 1.54) is 23.5 Å². The van der Waals surface area contributed by atoms with Crippen LogP contribution in [0.5, 0.6) is 17.2 Å². The lowest BCUT2D eigenvalue weighted by atomic mass is 9.91. The Hall–Kier alpha value is -4.09. The molecule has 43 heavy (non-hydrogen) atoms. The van der Waals surface area contributed by atoms with E-state index < -0.39 is 22.0 Å². The largest absolute Gasteiger partial charge is 0.493 e. The molecule has 0 spiro atoms. The molecule has 11 heteroatoms. The van der Waals surface area contributed by atoms with Gasteiger partial charge in [-0.1, -0.05) is 6.42 Å². The molecule has 1 fully saturated rings. The van der Waals surface area contributed by atoms with Gasteiger partial charge in [-0.15, -0.1) is 0 Å². The molecule has 1 unspecified atom stereocenters. The molecule has 0 saturated carbocycles. The van der Waals surface area contributed by atoms with Crippen molar-refractivity contribution in [2.24, 2.45) is 0 Å². The number of hydrogen-bond acceptors (Lipinski definition) is 8. The highest BCUT2D eigenvalue weighted by Gasteiger charge is 2.34. The summed E-state index contributed by atoms with van der Waals surface area (Å²) in [6.07, 6.45) is 3.32. The van der Waals surface area contributed by atoms with Gasteiger partial charge in [0.05, 0.1) is 37.8 Å². The molecular formula is C32H36N2O8S. The fraction of sp³-hybridized carbons (Fsp3) is 0.375. The molecule has 0 bridgehead atoms. The minimum Gasteiger partial charge on any atom is -0.493 e. The van der Waals surface area contributed by atoms with Gasteiger partial charge in [-0.05, 0) is 91.1 Å². The number of piperidine rings is 1. The number of sulfonamides is 1. The zero-order valence-corrected chi connectivity index (χ0v) is 25.4. The van der Waals surface area contributed by atoms with Crippen molar-refractivity contribution in [1.82, 2.24) is 9.21 Å². The van der Waals surface area contributed by atoms with Crippen LogP contribution < -0.4 is 14.2 Å². The number of benzene rings is 3. The van der Waals surface area contributed by atoms with Crippen LogP contribution in [0.2, 0.25) is 0 Å². The van der Waals surface area contributed by atoms with Crippen molar-refractivity contribution in [2.75, 3.05) is 47.6 Å². The maximum absolute atomic E-state index is 13.9. The van der Waals surface area contributed by atoms with Crippen LogP contribution in [0.3, 0.4) is 0 Å². The summed E-state index contributed by atoms with van der Waals surface area (Å²) in [6.45, 7) is 1.58. The van der Waals surface area contributed by atoms with Crippen molar-refractivity contribution in [2.45, 2.75) is 36.6 Å². The first-order valence-electron chi connectivity index (χ1n) is 14.2. The first-order valence-corrected chi connectivity index (χ1v) is 15.7. The molecule has 2 aliphatic rings. The minimum atomic E-state index is -3.61. The number of nitrogens with zero attached hydrogens (tertiary/aromatic N) is 2. The smallest absolute Gasteiger partial charge is 0.337 e. The molecule has 3 aromatic rings. The first-order chi connectivity index (χ1) is 20.8. The van der Waals surface area contributed by atoms with E-state index in [0.29, 0.717) is 54.4 Å². The zero-order valence-electron chi connectivity index (χ0n) is 24.6. The summed E-state index contributed by atoms with van der Waals surface area (Å²) < 4.78 is 49.8. The predicted octanol–water partition coefficient (Wildman–Crippen LogP) is 4.48. The van der Waals surface area contributed by atoms with Crippen molar-refractivity contribution < 1.29 is 37.0 Å². The first kappa shape index (κ1) is 30.4. The predicted molar refractivity (Wildman–Crippen MR) is 159 cm³/mol. The number of methoxy groups -OCH3 is 3. The van der Waals surface area contributed by atoms with Gasteiger partial charge < -0.3 is 23.8 Å². The van der Waals surface area contributed by atoms with Gasteiger partial charge in [-0.3, -0.25) is 4.79 Å². The number of carbonyl (C=O) groups is 2. The van der Waals surface area contributed by atoms with E-state index >= 15 is 0 Å². The van der Waals surface area contributed by atoms with E-state index in [2.05, 4.69) is 0 Å². The third kappa shape index (κ3) is 6.33. The summed E-state index contributed by atoms with van der Waals surface area (Å²) in [5.41, 5.74) is 2.67. The Morgan fingerprint density at radius 1 is 0.814 bits per heavy atom. The van der Waals surface area contributed by atoms with Crippen LogP contribution in [0.4, 0.5) is 0 Å². The summed E-state index contributed by atoms with van der Waals surface area (Å²) in [7, 11) is 0.852. The summed E-state index contributed by atoms with van der Waals surface area (Å²) in [6, 6.07) is 16.1. The number of amides is 1. The Kier molecular flexibility index (Phi) is 9.22. The highest BCUT2D eigenvalue weighted by Crippen LogP contribution is 2.39. The van der Waals surface area contributed by atoms with Crippen LogP contribution in [0, 0.1) is 0 Å². The van der Waals surface area contributed by atoms with Crippen LogP contribution >= 0.6 is 0 Å². The van der Waals surface area contributed by atoms with Crippen LogP contribution in [-0.4, -0.2) is 77.1 Å². The molecule has 0 radical (unpaired) electrons. The Labute approximate surface area is 252 Å². The topological polar surface area (TPSA) is 112 Å². The van der Waals surface area contributed by atoms with Crippen molar-refractivity contribution in [1.29, 1.82) is 0 Å². The summed E-state index contributed by atoms with van der Waals surface area (Å²) in [5, 5.41) is 0. The fourth-order valence-corrected chi connectivity index (χ4v) is 7.14. The van der Waals surface area contributed by atoms with E-state index in [-0.39, 0.29) is 17.4 Å². The van der Waals surface area contributed by atoms with Crippen LogP contribution in [0.25, 0.3) is 0 Å². The van der Waals surface area contributed by atoms with Gasteiger partial charge in [0, 0.05) is 25.2 Å². The molecule has 228 valence electrons. The lowest BCUT2D eigenvalue weighted by Gasteiger charge is -2.37. The van der Waals surface area contributed by atoms with Gasteiger partial charge in [0.15, 0.2) is 11.5 Å². The lowest BCUT2D eigenvalue weighted by Crippen LogP contribution is -2.42. The highest BCUT2D eigenvalue weighted by molar-refractivity contribution is 7.89. The molecule has 1 atom stereocenters. The Bertz CT molecular complexity index is 1570. The quantitative estimate of drug-likeness (QED) is 0.327. The second-order valence-electron chi connectivity index (χ2n) is 10.5. The third-order valence-corrected chi connectivity index (χ3v) is 9.91. The molecular weight excluding hydrogens is 572 g/mol. The molecule has 0 aromatic heterocycles. The van der Waals surface area contributed by atoms with Gasteiger partial charge >= 0.3 is 5.97 Å². The van der Waals surface area contributed by atoms with Crippen molar-refractivity contribution in [3.8, 4) is 17.2 Å². The maximum Gasteiger partial charge on any atom is 0.337 e. The van der Waals surface area contributed by atoms with Crippen molar-refractivity contribution in [3.05, 3.63) is 82.9 Å². The van der Waals surface area contributed by atoms with Crippen molar-refractivity contribution in [3.63, 3.8) is 0 Å². The molecule has 0 N–H and O–H groups in total. The molecule has 1 saturated heterocycles. The van der Waals surface area contributed by atoms with E-state index in [1.807, 2.05) is 12.1 Å². The molecule has 2 heterocycles. The van der Waals surface area contributed by atoms with Gasteiger partial charge in [-0.25, -0.2) is 13.2 Å². The summed E-state index contributed by atoms with van der Waals surface area (Å²) >= 11 is 0. The number of carbonyl (C=O) groups excluding carboxylic acids is 2. The number of rotatable bonds is 9. The monoisotopic (exact) mass is 608 g/mol. The summed E-state index contributed by atoms with van der Waals surface area (Å²) in [5.74, 6) is 0.983. The molecule has 10 nitrogen and oxygen atoms in total. The lowest BCUT2D eigenvalue weighted by molar-refractivity contribution is 0.0582. The molecule has 3 aromatic carbocycles. The van der Waals surface area contributed by atoms with E-state index in [9.17, 15) is 18.0 Å². The second-order valence-corrected chi connectivity index (χ2v) is 12.4. The van der Waals surface area contributed by atoms with Gasteiger partial charge in [0.1, 0.15) is 12.4 Å². The molecule has 1 amide bonds. The molecule has 2 aliphatic heterocycles. The van der Waals surface area contributed by atoms with Crippen LogP contribution in [0.1, 0.15) is 57.1 Å². The summed E-state index contributed by atoms with van der Waals surface area (Å²) in [4.78, 5) is 27.7. The van der Waals surface area contributed by atoms with Gasteiger partial charge in [-0.2, -0.15) is 4.31 Å². The number of hydrogen-bond donors (Lipinski definition) is 0. The van der Waals surface area contributed by atoms with E-state index in [1.54, 1.807) is 55.5 Å².